The van der Waals surface area contributed by atoms with Crippen LogP contribution in [0.5, 0.6) is 0 Å². The van der Waals surface area contributed by atoms with E-state index in [1.165, 1.54) is 25.8 Å². The summed E-state index contributed by atoms with van der Waals surface area (Å²) in [6.45, 7) is 4.45. The third-order valence-corrected chi connectivity index (χ3v) is 4.49. The van der Waals surface area contributed by atoms with Crippen molar-refractivity contribution in [2.24, 2.45) is 0 Å². The number of likely N-dealkylation sites (N-methyl/N-ethyl adjacent to an activating group) is 1. The van der Waals surface area contributed by atoms with Crippen molar-refractivity contribution in [1.29, 1.82) is 0 Å². The molecule has 0 aromatic heterocycles. The molecule has 4 amide bonds. The van der Waals surface area contributed by atoms with E-state index in [9.17, 15) is 19.2 Å². The van der Waals surface area contributed by atoms with Crippen molar-refractivity contribution >= 4 is 35.2 Å². The van der Waals surface area contributed by atoms with Crippen LogP contribution in [-0.4, -0.2) is 59.0 Å². The second kappa shape index (κ2) is 7.42. The van der Waals surface area contributed by atoms with Gasteiger partial charge in [0.15, 0.2) is 0 Å². The maximum absolute atomic E-state index is 12.6. The van der Waals surface area contributed by atoms with Crippen molar-refractivity contribution in [3.05, 3.63) is 24.3 Å². The molecule has 3 N–H and O–H groups in total. The van der Waals surface area contributed by atoms with E-state index in [1.807, 2.05) is 0 Å². The van der Waals surface area contributed by atoms with Gasteiger partial charge in [0.05, 0.1) is 17.4 Å². The van der Waals surface area contributed by atoms with Crippen molar-refractivity contribution in [2.75, 3.05) is 17.3 Å². The molecule has 0 saturated carbocycles. The molecule has 0 fully saturated rings. The summed E-state index contributed by atoms with van der Waals surface area (Å²) in [5, 5.41) is 14.3. The lowest BCUT2D eigenvalue weighted by Gasteiger charge is -2.32. The average Bonchev–Trinajstić information content (AvgIpc) is 2.68. The van der Waals surface area contributed by atoms with Crippen molar-refractivity contribution in [3.8, 4) is 0 Å². The molecule has 1 aromatic rings. The Labute approximate surface area is 150 Å². The van der Waals surface area contributed by atoms with Gasteiger partial charge in [0, 0.05) is 14.0 Å². The summed E-state index contributed by atoms with van der Waals surface area (Å²) < 4.78 is 0. The van der Waals surface area contributed by atoms with E-state index in [1.54, 1.807) is 31.2 Å². The predicted molar refractivity (Wildman–Crippen MR) is 94.9 cm³/mol. The van der Waals surface area contributed by atoms with E-state index in [-0.39, 0.29) is 5.91 Å². The number of para-hydroxylation sites is 2. The maximum Gasteiger partial charge on any atom is 0.407 e. The zero-order valence-electron chi connectivity index (χ0n) is 15.0. The smallest absolute Gasteiger partial charge is 0.407 e. The number of rotatable bonds is 3. The number of anilines is 2. The van der Waals surface area contributed by atoms with Gasteiger partial charge >= 0.3 is 6.09 Å². The number of benzene rings is 1. The van der Waals surface area contributed by atoms with Gasteiger partial charge in [-0.2, -0.15) is 0 Å². The van der Waals surface area contributed by atoms with Crippen LogP contribution in [-0.2, 0) is 14.4 Å². The number of nitrogens with one attached hydrogen (secondary N) is 2. The first kappa shape index (κ1) is 19.2. The third kappa shape index (κ3) is 3.61. The van der Waals surface area contributed by atoms with Crippen LogP contribution in [0.4, 0.5) is 16.2 Å². The highest BCUT2D eigenvalue weighted by Gasteiger charge is 2.38. The van der Waals surface area contributed by atoms with Gasteiger partial charge in [-0.05, 0) is 26.0 Å². The van der Waals surface area contributed by atoms with Crippen LogP contribution in [0.15, 0.2) is 24.3 Å². The molecule has 1 aromatic carbocycles. The van der Waals surface area contributed by atoms with Crippen molar-refractivity contribution in [2.45, 2.75) is 38.9 Å². The molecule has 0 spiro atoms. The van der Waals surface area contributed by atoms with Gasteiger partial charge in [-0.25, -0.2) is 4.79 Å². The first-order valence-corrected chi connectivity index (χ1v) is 8.11. The molecular formula is C17H22N4O5. The fraction of sp³-hybridized carbons (Fsp3) is 0.412. The van der Waals surface area contributed by atoms with Crippen LogP contribution >= 0.6 is 0 Å². The highest BCUT2D eigenvalue weighted by molar-refractivity contribution is 6.07. The highest BCUT2D eigenvalue weighted by atomic mass is 16.4. The Hall–Kier alpha value is -3.10. The van der Waals surface area contributed by atoms with E-state index >= 15 is 0 Å². The quantitative estimate of drug-likeness (QED) is 0.737. The predicted octanol–water partition coefficient (Wildman–Crippen LogP) is 0.863. The summed E-state index contributed by atoms with van der Waals surface area (Å²) in [7, 11) is 1.26. The van der Waals surface area contributed by atoms with Gasteiger partial charge in [-0.15, -0.1) is 0 Å². The van der Waals surface area contributed by atoms with Gasteiger partial charge in [0.2, 0.25) is 17.7 Å². The molecule has 0 bridgehead atoms. The monoisotopic (exact) mass is 362 g/mol. The summed E-state index contributed by atoms with van der Waals surface area (Å²) in [5.41, 5.74) is 1.00. The van der Waals surface area contributed by atoms with E-state index in [0.717, 1.165) is 4.90 Å². The first-order valence-electron chi connectivity index (χ1n) is 8.11. The Morgan fingerprint density at radius 3 is 2.50 bits per heavy atom. The summed E-state index contributed by atoms with van der Waals surface area (Å²) in [5.74, 6) is -1.39. The highest BCUT2D eigenvalue weighted by Crippen LogP contribution is 2.31. The topological polar surface area (TPSA) is 119 Å². The summed E-state index contributed by atoms with van der Waals surface area (Å²) in [4.78, 5) is 50.5. The molecule has 0 radical (unpaired) electrons. The molecule has 3 atom stereocenters. The maximum atomic E-state index is 12.6. The number of fused-ring (bicyclic) bond motifs is 1. The molecule has 9 nitrogen and oxygen atoms in total. The zero-order chi connectivity index (χ0) is 19.6. The molecular weight excluding hydrogens is 340 g/mol. The lowest BCUT2D eigenvalue weighted by atomic mass is 10.1. The largest absolute Gasteiger partial charge is 0.465 e. The number of nitrogens with zero attached hydrogens (tertiary/aromatic N) is 2. The van der Waals surface area contributed by atoms with Gasteiger partial charge in [0.25, 0.3) is 0 Å². The second-order valence-electron chi connectivity index (χ2n) is 6.19. The first-order chi connectivity index (χ1) is 12.1. The van der Waals surface area contributed by atoms with Crippen LogP contribution < -0.4 is 15.5 Å². The van der Waals surface area contributed by atoms with E-state index in [2.05, 4.69) is 10.6 Å². The number of hydrogen-bond acceptors (Lipinski definition) is 4. The van der Waals surface area contributed by atoms with Crippen LogP contribution in [0.25, 0.3) is 0 Å². The third-order valence-electron chi connectivity index (χ3n) is 4.49. The Morgan fingerprint density at radius 2 is 1.92 bits per heavy atom. The van der Waals surface area contributed by atoms with E-state index in [0.29, 0.717) is 11.4 Å². The van der Waals surface area contributed by atoms with Crippen LogP contribution in [0.2, 0.25) is 0 Å². The molecule has 1 aliphatic rings. The minimum absolute atomic E-state index is 0.281. The Bertz CT molecular complexity index is 750. The molecule has 9 heteroatoms. The number of carbonyl (C=O) groups excluding carboxylic acids is 3. The van der Waals surface area contributed by atoms with Crippen molar-refractivity contribution < 1.29 is 24.3 Å². The second-order valence-corrected chi connectivity index (χ2v) is 6.19. The minimum atomic E-state index is -1.26. The molecule has 0 aliphatic carbocycles. The Kier molecular flexibility index (Phi) is 5.49. The fourth-order valence-corrected chi connectivity index (χ4v) is 2.85. The van der Waals surface area contributed by atoms with Crippen molar-refractivity contribution in [3.63, 3.8) is 0 Å². The average molecular weight is 362 g/mol. The number of hydrogen-bond donors (Lipinski definition) is 3. The molecule has 0 unspecified atom stereocenters. The lowest BCUT2D eigenvalue weighted by molar-refractivity contribution is -0.129. The summed E-state index contributed by atoms with van der Waals surface area (Å²) in [6.07, 6.45) is -1.26. The lowest BCUT2D eigenvalue weighted by Crippen LogP contribution is -2.58. The van der Waals surface area contributed by atoms with Crippen LogP contribution in [0.1, 0.15) is 20.8 Å². The van der Waals surface area contributed by atoms with Gasteiger partial charge in [-0.3, -0.25) is 19.3 Å². The normalized spacial score (nSPS) is 20.3. The standard InChI is InChI=1S/C17H22N4O5/c1-9-14(19-15(23)10(2)20(4)17(25)26)16(24)18-12-7-5-6-8-13(12)21(9)11(3)22/h5-10,14H,1-4H3,(H,18,24)(H,19,23)(H,25,26)/t9-,10-,14-/m0/s1. The van der Waals surface area contributed by atoms with Crippen LogP contribution in [0.3, 0.4) is 0 Å². The number of carbonyl (C=O) groups is 4. The summed E-state index contributed by atoms with van der Waals surface area (Å²) >= 11 is 0. The Balaban J connectivity index is 2.32. The molecule has 1 aliphatic heterocycles. The fourth-order valence-electron chi connectivity index (χ4n) is 2.85. The number of amides is 4. The minimum Gasteiger partial charge on any atom is -0.465 e. The zero-order valence-corrected chi connectivity index (χ0v) is 15.0. The van der Waals surface area contributed by atoms with Crippen LogP contribution in [0, 0.1) is 0 Å². The number of carboxylic acid groups (broad SMARTS) is 1. The molecule has 26 heavy (non-hydrogen) atoms. The Morgan fingerprint density at radius 1 is 1.31 bits per heavy atom. The van der Waals surface area contributed by atoms with Crippen molar-refractivity contribution in [1.82, 2.24) is 10.2 Å². The molecule has 0 saturated heterocycles. The summed E-state index contributed by atoms with van der Waals surface area (Å²) in [6, 6.07) is 4.15. The van der Waals surface area contributed by atoms with Gasteiger partial charge in [-0.1, -0.05) is 12.1 Å². The molecule has 2 rings (SSSR count). The van der Waals surface area contributed by atoms with Gasteiger partial charge in [0.1, 0.15) is 12.1 Å². The molecule has 140 valence electrons. The van der Waals surface area contributed by atoms with E-state index in [4.69, 9.17) is 5.11 Å². The van der Waals surface area contributed by atoms with E-state index < -0.39 is 36.0 Å². The molecule has 1 heterocycles. The SMILES string of the molecule is CC(=O)N1c2ccccc2NC(=O)[C@@H](NC(=O)[C@H](C)N(C)C(=O)O)[C@@H]1C. The van der Waals surface area contributed by atoms with Gasteiger partial charge < -0.3 is 20.6 Å².